The van der Waals surface area contributed by atoms with Crippen LogP contribution in [0.5, 0.6) is 0 Å². The normalized spacial score (nSPS) is 36.6. The summed E-state index contributed by atoms with van der Waals surface area (Å²) < 4.78 is 17.6. The van der Waals surface area contributed by atoms with Crippen LogP contribution in [0, 0.1) is 28.6 Å². The molecule has 1 N–H and O–H groups in total. The minimum Gasteiger partial charge on any atom is -0.461 e. The van der Waals surface area contributed by atoms with E-state index < -0.39 is 35.1 Å². The number of rotatable bonds is 5. The second kappa shape index (κ2) is 10.3. The van der Waals surface area contributed by atoms with Crippen LogP contribution in [-0.2, 0) is 28.6 Å². The van der Waals surface area contributed by atoms with Crippen LogP contribution >= 0.6 is 0 Å². The number of carbonyl (C=O) groups excluding carboxylic acids is 3. The summed E-state index contributed by atoms with van der Waals surface area (Å²) in [4.78, 5) is 37.0. The van der Waals surface area contributed by atoms with Crippen molar-refractivity contribution < 1.29 is 33.7 Å². The molecule has 0 amide bonds. The maximum Gasteiger partial charge on any atom is 0.308 e. The number of hydrogen-bond acceptors (Lipinski definition) is 7. The fraction of sp³-hybridized carbons (Fsp3) is 0.759. The second-order valence-corrected chi connectivity index (χ2v) is 12.1. The van der Waals surface area contributed by atoms with Crippen molar-refractivity contribution >= 4 is 17.9 Å². The van der Waals surface area contributed by atoms with Gasteiger partial charge in [-0.3, -0.25) is 14.4 Å². The maximum atomic E-state index is 12.9. The van der Waals surface area contributed by atoms with Crippen molar-refractivity contribution in [2.24, 2.45) is 28.6 Å². The molecule has 0 saturated heterocycles. The highest BCUT2D eigenvalue weighted by Crippen LogP contribution is 2.60. The van der Waals surface area contributed by atoms with Crippen LogP contribution in [0.25, 0.3) is 0 Å². The molecule has 7 heteroatoms. The largest absolute Gasteiger partial charge is 0.461 e. The van der Waals surface area contributed by atoms with Crippen LogP contribution in [0.4, 0.5) is 0 Å². The van der Waals surface area contributed by atoms with Crippen LogP contribution in [-0.4, -0.2) is 47.4 Å². The lowest BCUT2D eigenvalue weighted by atomic mass is 9.51. The first-order chi connectivity index (χ1) is 16.6. The molecular formula is C29H44O7. The molecule has 202 valence electrons. The highest BCUT2D eigenvalue weighted by Gasteiger charge is 2.57. The predicted octanol–water partition coefficient (Wildman–Crippen LogP) is 4.91. The summed E-state index contributed by atoms with van der Waals surface area (Å²) in [6, 6.07) is 0. The van der Waals surface area contributed by atoms with E-state index in [0.29, 0.717) is 37.7 Å². The summed E-state index contributed by atoms with van der Waals surface area (Å²) in [5.41, 5.74) is 1.96. The molecule has 2 bridgehead atoms. The van der Waals surface area contributed by atoms with E-state index in [4.69, 9.17) is 14.2 Å². The van der Waals surface area contributed by atoms with E-state index in [1.807, 2.05) is 20.8 Å². The van der Waals surface area contributed by atoms with Crippen molar-refractivity contribution in [1.29, 1.82) is 0 Å². The van der Waals surface area contributed by atoms with E-state index in [1.165, 1.54) is 13.8 Å². The lowest BCUT2D eigenvalue weighted by Crippen LogP contribution is -2.55. The summed E-state index contributed by atoms with van der Waals surface area (Å²) >= 11 is 0. The van der Waals surface area contributed by atoms with Gasteiger partial charge in [0.2, 0.25) is 0 Å². The van der Waals surface area contributed by atoms with Gasteiger partial charge in [0.05, 0.1) is 12.0 Å². The fourth-order valence-corrected chi connectivity index (χ4v) is 7.16. The van der Waals surface area contributed by atoms with Crippen LogP contribution in [0.2, 0.25) is 0 Å². The van der Waals surface area contributed by atoms with Crippen molar-refractivity contribution in [3.05, 3.63) is 23.3 Å². The van der Waals surface area contributed by atoms with Gasteiger partial charge in [-0.05, 0) is 60.5 Å². The third kappa shape index (κ3) is 5.27. The first-order valence-electron chi connectivity index (χ1n) is 13.2. The molecular weight excluding hydrogens is 460 g/mol. The molecule has 2 fully saturated rings. The first-order valence-corrected chi connectivity index (χ1v) is 13.2. The smallest absolute Gasteiger partial charge is 0.308 e. The molecule has 36 heavy (non-hydrogen) atoms. The predicted molar refractivity (Wildman–Crippen MR) is 136 cm³/mol. The Morgan fingerprint density at radius 1 is 1.08 bits per heavy atom. The van der Waals surface area contributed by atoms with Crippen molar-refractivity contribution in [2.45, 2.75) is 112 Å². The van der Waals surface area contributed by atoms with Crippen LogP contribution in [0.15, 0.2) is 23.3 Å². The topological polar surface area (TPSA) is 99.1 Å². The summed E-state index contributed by atoms with van der Waals surface area (Å²) in [5, 5.41) is 11.0. The average Bonchev–Trinajstić information content (AvgIpc) is 2.73. The Bertz CT molecular complexity index is 947. The van der Waals surface area contributed by atoms with Gasteiger partial charge in [-0.15, -0.1) is 0 Å². The Balaban J connectivity index is 2.13. The Morgan fingerprint density at radius 3 is 2.25 bits per heavy atom. The van der Waals surface area contributed by atoms with E-state index >= 15 is 0 Å². The molecule has 0 spiro atoms. The zero-order chi connectivity index (χ0) is 27.2. The molecule has 8 atom stereocenters. The Hall–Kier alpha value is -2.15. The zero-order valence-electron chi connectivity index (χ0n) is 23.2. The molecule has 0 aromatic rings. The zero-order valence-corrected chi connectivity index (χ0v) is 23.2. The van der Waals surface area contributed by atoms with Crippen molar-refractivity contribution in [3.63, 3.8) is 0 Å². The van der Waals surface area contributed by atoms with E-state index in [9.17, 15) is 19.5 Å². The molecule has 3 rings (SSSR count). The number of hydrogen-bond donors (Lipinski definition) is 1. The summed E-state index contributed by atoms with van der Waals surface area (Å²) in [7, 11) is 0. The van der Waals surface area contributed by atoms with E-state index in [0.717, 1.165) is 11.1 Å². The average molecular weight is 505 g/mol. The minimum absolute atomic E-state index is 0.0724. The molecule has 7 nitrogen and oxygen atoms in total. The molecule has 0 aromatic heterocycles. The highest BCUT2D eigenvalue weighted by atomic mass is 16.6. The Labute approximate surface area is 215 Å². The fourth-order valence-electron chi connectivity index (χ4n) is 7.16. The van der Waals surface area contributed by atoms with Crippen LogP contribution in [0.3, 0.4) is 0 Å². The van der Waals surface area contributed by atoms with E-state index in [-0.39, 0.29) is 35.8 Å². The van der Waals surface area contributed by atoms with Gasteiger partial charge in [0.15, 0.2) is 0 Å². The Kier molecular flexibility index (Phi) is 8.14. The summed E-state index contributed by atoms with van der Waals surface area (Å²) in [6.07, 6.45) is 0.349. The SMILES string of the molecule is C=C1[C@@H](OC(C)=O)[C@@H](O)C[C@@]2(C)C[C@H](OC(C)=O)C3=C(C)C[C@H](OC(=O)C(C)CC)[C@@H](C[C@H]12)C3(C)C. The van der Waals surface area contributed by atoms with Gasteiger partial charge < -0.3 is 19.3 Å². The van der Waals surface area contributed by atoms with Gasteiger partial charge in [0.25, 0.3) is 0 Å². The Morgan fingerprint density at radius 2 is 1.69 bits per heavy atom. The monoisotopic (exact) mass is 504 g/mol. The summed E-state index contributed by atoms with van der Waals surface area (Å²) in [5.74, 6) is -1.42. The molecule has 0 heterocycles. The molecule has 0 aliphatic heterocycles. The molecule has 3 aliphatic rings. The van der Waals surface area contributed by atoms with Gasteiger partial charge in [0, 0.05) is 26.2 Å². The molecule has 0 radical (unpaired) electrons. The van der Waals surface area contributed by atoms with Crippen molar-refractivity contribution in [3.8, 4) is 0 Å². The maximum absolute atomic E-state index is 12.9. The number of esters is 3. The number of ether oxygens (including phenoxy) is 3. The van der Waals surface area contributed by atoms with Gasteiger partial charge in [0.1, 0.15) is 18.3 Å². The molecule has 2 saturated carbocycles. The third-order valence-electron chi connectivity index (χ3n) is 9.06. The highest BCUT2D eigenvalue weighted by molar-refractivity contribution is 5.72. The minimum atomic E-state index is -0.901. The van der Waals surface area contributed by atoms with Crippen molar-refractivity contribution in [2.75, 3.05) is 0 Å². The molecule has 3 aliphatic carbocycles. The van der Waals surface area contributed by atoms with Gasteiger partial charge in [-0.1, -0.05) is 46.8 Å². The van der Waals surface area contributed by atoms with Gasteiger partial charge >= 0.3 is 17.9 Å². The van der Waals surface area contributed by atoms with Gasteiger partial charge in [-0.25, -0.2) is 0 Å². The third-order valence-corrected chi connectivity index (χ3v) is 9.06. The molecule has 0 aromatic carbocycles. The lowest BCUT2D eigenvalue weighted by molar-refractivity contribution is -0.167. The summed E-state index contributed by atoms with van der Waals surface area (Å²) in [6.45, 7) is 19.3. The number of carbonyl (C=O) groups is 3. The standard InChI is InChI=1S/C29H44O7/c1-10-15(2)27(33)36-23-11-16(3)25-24(34-18(5)30)14-29(9)13-22(32)26(35-19(6)31)17(4)20(29)12-21(23)28(25,7)8/h15,20-24,26,32H,4,10-14H2,1-3,5-9H3/t15?,20-,21-,22+,23+,24+,26-,29+/m1/s1. The molecule has 1 unspecified atom stereocenters. The van der Waals surface area contributed by atoms with Crippen molar-refractivity contribution in [1.82, 2.24) is 0 Å². The second-order valence-electron chi connectivity index (χ2n) is 12.1. The van der Waals surface area contributed by atoms with Crippen LogP contribution in [0.1, 0.15) is 87.5 Å². The van der Waals surface area contributed by atoms with E-state index in [1.54, 1.807) is 0 Å². The number of aliphatic hydroxyl groups is 1. The number of fused-ring (bicyclic) bond motifs is 3. The van der Waals surface area contributed by atoms with Crippen LogP contribution < -0.4 is 0 Å². The first kappa shape index (κ1) is 28.4. The van der Waals surface area contributed by atoms with Gasteiger partial charge in [-0.2, -0.15) is 0 Å². The quantitative estimate of drug-likeness (QED) is 0.323. The van der Waals surface area contributed by atoms with E-state index in [2.05, 4.69) is 27.4 Å². The lowest BCUT2D eigenvalue weighted by Gasteiger charge is -2.57. The number of aliphatic hydroxyl groups excluding tert-OH is 1.